The molecule has 2 N–H and O–H groups in total. The molecule has 1 heterocycles. The van der Waals surface area contributed by atoms with E-state index in [1.165, 1.54) is 0 Å². The molecule has 0 amide bonds. The highest BCUT2D eigenvalue weighted by Gasteiger charge is 1.89. The summed E-state index contributed by atoms with van der Waals surface area (Å²) < 4.78 is 0. The normalized spacial score (nSPS) is 14.7. The number of nitrogens with zero attached hydrogens (tertiary/aromatic N) is 1. The summed E-state index contributed by atoms with van der Waals surface area (Å²) in [6.07, 6.45) is 4.63. The highest BCUT2D eigenvalue weighted by molar-refractivity contribution is 5.39. The Morgan fingerprint density at radius 2 is 2.42 bits per heavy atom. The topological polar surface area (TPSA) is 38.9 Å². The largest absolute Gasteiger partial charge is 0.400 e. The SMILES string of the molecule is C/C=c1/cccn/c1=C(\N)CC. The summed E-state index contributed by atoms with van der Waals surface area (Å²) in [5.74, 6) is 0. The molecule has 0 aromatic carbocycles. The summed E-state index contributed by atoms with van der Waals surface area (Å²) in [6.45, 7) is 4.02. The van der Waals surface area contributed by atoms with Gasteiger partial charge < -0.3 is 5.73 Å². The Kier molecular flexibility index (Phi) is 2.86. The zero-order chi connectivity index (χ0) is 8.97. The van der Waals surface area contributed by atoms with Crippen molar-refractivity contribution < 1.29 is 0 Å². The Morgan fingerprint density at radius 3 is 3.00 bits per heavy atom. The van der Waals surface area contributed by atoms with Crippen molar-refractivity contribution in [2.75, 3.05) is 0 Å². The molecule has 2 heteroatoms. The molecule has 0 aliphatic heterocycles. The van der Waals surface area contributed by atoms with Crippen LogP contribution in [0.4, 0.5) is 0 Å². The third kappa shape index (κ3) is 1.64. The summed E-state index contributed by atoms with van der Waals surface area (Å²) in [7, 11) is 0. The van der Waals surface area contributed by atoms with E-state index in [-0.39, 0.29) is 0 Å². The van der Waals surface area contributed by atoms with Gasteiger partial charge in [0.1, 0.15) is 0 Å². The van der Waals surface area contributed by atoms with Crippen LogP contribution in [0.25, 0.3) is 11.8 Å². The zero-order valence-electron chi connectivity index (χ0n) is 7.54. The van der Waals surface area contributed by atoms with Gasteiger partial charge in [0.25, 0.3) is 0 Å². The molecular weight excluding hydrogens is 148 g/mol. The summed E-state index contributed by atoms with van der Waals surface area (Å²) >= 11 is 0. The van der Waals surface area contributed by atoms with Crippen LogP contribution in [0.1, 0.15) is 20.3 Å². The predicted octanol–water partition coefficient (Wildman–Crippen LogP) is 0.359. The number of hydrogen-bond donors (Lipinski definition) is 1. The average Bonchev–Trinajstić information content (AvgIpc) is 2.16. The second-order valence-corrected chi connectivity index (χ2v) is 2.61. The molecular formula is C10H14N2. The molecule has 0 unspecified atom stereocenters. The lowest BCUT2D eigenvalue weighted by Crippen LogP contribution is -2.32. The Balaban J connectivity index is 3.54. The fourth-order valence-electron chi connectivity index (χ4n) is 1.09. The lowest BCUT2D eigenvalue weighted by atomic mass is 10.2. The van der Waals surface area contributed by atoms with E-state index in [4.69, 9.17) is 5.73 Å². The Bertz CT molecular complexity index is 366. The summed E-state index contributed by atoms with van der Waals surface area (Å²) in [4.78, 5) is 4.23. The van der Waals surface area contributed by atoms with Gasteiger partial charge in [-0.2, -0.15) is 0 Å². The van der Waals surface area contributed by atoms with Crippen molar-refractivity contribution in [3.8, 4) is 0 Å². The van der Waals surface area contributed by atoms with E-state index in [1.54, 1.807) is 6.20 Å². The van der Waals surface area contributed by atoms with Crippen LogP contribution in [0.15, 0.2) is 18.3 Å². The Hall–Kier alpha value is -1.31. The molecule has 0 atom stereocenters. The number of aromatic nitrogens is 1. The molecule has 1 aromatic rings. The fourth-order valence-corrected chi connectivity index (χ4v) is 1.09. The van der Waals surface area contributed by atoms with Gasteiger partial charge in [-0.3, -0.25) is 4.98 Å². The fraction of sp³-hybridized carbons (Fsp3) is 0.300. The molecule has 0 saturated carbocycles. The van der Waals surface area contributed by atoms with Gasteiger partial charge in [0.05, 0.1) is 5.35 Å². The maximum atomic E-state index is 5.80. The van der Waals surface area contributed by atoms with Gasteiger partial charge in [0, 0.05) is 11.9 Å². The van der Waals surface area contributed by atoms with E-state index in [2.05, 4.69) is 4.98 Å². The van der Waals surface area contributed by atoms with Crippen LogP contribution >= 0.6 is 0 Å². The van der Waals surface area contributed by atoms with Crippen molar-refractivity contribution in [2.45, 2.75) is 20.3 Å². The Labute approximate surface area is 72.4 Å². The molecule has 0 bridgehead atoms. The first-order valence-corrected chi connectivity index (χ1v) is 4.15. The van der Waals surface area contributed by atoms with Gasteiger partial charge in [-0.25, -0.2) is 0 Å². The third-order valence-corrected chi connectivity index (χ3v) is 1.83. The predicted molar refractivity (Wildman–Crippen MR) is 51.5 cm³/mol. The first-order valence-electron chi connectivity index (χ1n) is 4.15. The van der Waals surface area contributed by atoms with Crippen molar-refractivity contribution >= 4 is 11.8 Å². The van der Waals surface area contributed by atoms with Gasteiger partial charge in [-0.1, -0.05) is 19.1 Å². The standard InChI is InChI=1S/C10H14N2/c1-3-8-6-5-7-12-10(8)9(11)4-2/h3,5-7H,4,11H2,1-2H3/b8-3-,10-9-. The molecule has 0 aliphatic carbocycles. The van der Waals surface area contributed by atoms with Gasteiger partial charge in [-0.05, 0) is 24.6 Å². The van der Waals surface area contributed by atoms with Crippen LogP contribution in [0.3, 0.4) is 0 Å². The first kappa shape index (κ1) is 8.78. The molecule has 12 heavy (non-hydrogen) atoms. The number of pyridine rings is 1. The third-order valence-electron chi connectivity index (χ3n) is 1.83. The zero-order valence-corrected chi connectivity index (χ0v) is 7.54. The highest BCUT2D eigenvalue weighted by atomic mass is 14.7. The van der Waals surface area contributed by atoms with Crippen molar-refractivity contribution in [1.82, 2.24) is 4.98 Å². The van der Waals surface area contributed by atoms with Crippen LogP contribution in [0, 0.1) is 0 Å². The van der Waals surface area contributed by atoms with E-state index < -0.39 is 0 Å². The van der Waals surface area contributed by atoms with Gasteiger partial charge in [0.15, 0.2) is 0 Å². The summed E-state index contributed by atoms with van der Waals surface area (Å²) in [5, 5.41) is 2.03. The van der Waals surface area contributed by atoms with Crippen molar-refractivity contribution in [3.63, 3.8) is 0 Å². The molecule has 0 saturated heterocycles. The monoisotopic (exact) mass is 162 g/mol. The average molecular weight is 162 g/mol. The van der Waals surface area contributed by atoms with E-state index in [1.807, 2.05) is 32.1 Å². The first-order chi connectivity index (χ1) is 5.79. The second-order valence-electron chi connectivity index (χ2n) is 2.61. The van der Waals surface area contributed by atoms with Gasteiger partial charge in [-0.15, -0.1) is 0 Å². The quantitative estimate of drug-likeness (QED) is 0.647. The summed E-state index contributed by atoms with van der Waals surface area (Å²) in [6, 6.07) is 3.94. The smallest absolute Gasteiger partial charge is 0.0885 e. The van der Waals surface area contributed by atoms with Crippen LogP contribution in [0.5, 0.6) is 0 Å². The Morgan fingerprint density at radius 1 is 1.67 bits per heavy atom. The number of hydrogen-bond acceptors (Lipinski definition) is 2. The molecule has 0 aliphatic rings. The minimum absolute atomic E-state index is 0.845. The van der Waals surface area contributed by atoms with E-state index in [0.29, 0.717) is 0 Å². The molecule has 2 nitrogen and oxygen atoms in total. The molecule has 64 valence electrons. The van der Waals surface area contributed by atoms with Crippen molar-refractivity contribution in [1.29, 1.82) is 0 Å². The number of nitrogens with two attached hydrogens (primary N) is 1. The lowest BCUT2D eigenvalue weighted by Gasteiger charge is -1.94. The van der Waals surface area contributed by atoms with Crippen molar-refractivity contribution in [3.05, 3.63) is 28.9 Å². The lowest BCUT2D eigenvalue weighted by molar-refractivity contribution is 1.11. The molecule has 1 rings (SSSR count). The molecule has 0 radical (unpaired) electrons. The maximum Gasteiger partial charge on any atom is 0.0885 e. The minimum Gasteiger partial charge on any atom is -0.400 e. The second kappa shape index (κ2) is 3.90. The van der Waals surface area contributed by atoms with E-state index in [9.17, 15) is 0 Å². The van der Waals surface area contributed by atoms with E-state index >= 15 is 0 Å². The summed E-state index contributed by atoms with van der Waals surface area (Å²) in [5.41, 5.74) is 6.66. The van der Waals surface area contributed by atoms with Gasteiger partial charge in [0.2, 0.25) is 0 Å². The molecule has 0 fully saturated rings. The van der Waals surface area contributed by atoms with Crippen molar-refractivity contribution in [2.24, 2.45) is 5.73 Å². The molecule has 1 aromatic heterocycles. The van der Waals surface area contributed by atoms with Crippen LogP contribution in [-0.4, -0.2) is 4.98 Å². The highest BCUT2D eigenvalue weighted by Crippen LogP contribution is 1.83. The van der Waals surface area contributed by atoms with Crippen LogP contribution in [-0.2, 0) is 0 Å². The van der Waals surface area contributed by atoms with Crippen LogP contribution in [0.2, 0.25) is 0 Å². The maximum absolute atomic E-state index is 5.80. The molecule has 0 spiro atoms. The minimum atomic E-state index is 0.845. The van der Waals surface area contributed by atoms with E-state index in [0.717, 1.165) is 22.7 Å². The van der Waals surface area contributed by atoms with Crippen LogP contribution < -0.4 is 16.3 Å². The van der Waals surface area contributed by atoms with Gasteiger partial charge >= 0.3 is 0 Å². The number of rotatable bonds is 1.